The summed E-state index contributed by atoms with van der Waals surface area (Å²) in [4.78, 5) is 72.2. The summed E-state index contributed by atoms with van der Waals surface area (Å²) in [6, 6.07) is 0. The van der Waals surface area contributed by atoms with E-state index < -0.39 is 97.5 Å². The van der Waals surface area contributed by atoms with E-state index in [1.54, 1.807) is 0 Å². The molecule has 6 atom stereocenters. The first kappa shape index (κ1) is 82.1. The molecule has 0 aromatic rings. The van der Waals surface area contributed by atoms with Crippen LogP contribution in [0.5, 0.6) is 0 Å². The summed E-state index contributed by atoms with van der Waals surface area (Å²) < 4.78 is 68.0. The molecule has 17 nitrogen and oxygen atoms in total. The Morgan fingerprint density at radius 1 is 0.345 bits per heavy atom. The number of unbranched alkanes of at least 4 members (excludes halogenated alkanes) is 33. The van der Waals surface area contributed by atoms with Gasteiger partial charge in [0.2, 0.25) is 0 Å². The second-order valence-electron chi connectivity index (χ2n) is 24.2. The summed E-state index contributed by atoms with van der Waals surface area (Å²) >= 11 is 0. The van der Waals surface area contributed by atoms with Gasteiger partial charge in [-0.05, 0) is 37.5 Å². The predicted octanol–water partition coefficient (Wildman–Crippen LogP) is 18.0. The zero-order chi connectivity index (χ0) is 62.2. The van der Waals surface area contributed by atoms with Gasteiger partial charge in [0.05, 0.1) is 26.4 Å². The normalized spacial score (nSPS) is 14.6. The van der Waals surface area contributed by atoms with Crippen LogP contribution in [0, 0.1) is 11.8 Å². The third-order valence-corrected chi connectivity index (χ3v) is 17.2. The second-order valence-corrected chi connectivity index (χ2v) is 27.1. The van der Waals surface area contributed by atoms with Crippen LogP contribution in [-0.2, 0) is 65.4 Å². The number of ether oxygens (including phenoxy) is 4. The SMILES string of the molecule is CCCCCCCCCCCCC(=O)OC[C@H](COP(=O)(O)OC[C@H](O)COP(=O)(O)OC[C@@H](COC(=O)CCCCCCCCCCC(C)CC)OC(=O)CCCCCCCCCCCC(C)C)OC(=O)CCCCCCCCCCCC. The maximum Gasteiger partial charge on any atom is 0.472 e. The summed E-state index contributed by atoms with van der Waals surface area (Å²) in [5.41, 5.74) is 0. The van der Waals surface area contributed by atoms with Crippen molar-refractivity contribution in [3.8, 4) is 0 Å². The molecule has 0 rings (SSSR count). The minimum absolute atomic E-state index is 0.105. The maximum absolute atomic E-state index is 13.0. The molecule has 3 N–H and O–H groups in total. The lowest BCUT2D eigenvalue weighted by Gasteiger charge is -2.21. The average Bonchev–Trinajstić information content (AvgIpc) is 3.60. The molecule has 0 aromatic carbocycles. The summed E-state index contributed by atoms with van der Waals surface area (Å²) in [6.07, 6.45) is 40.2. The number of phosphoric acid groups is 2. The van der Waals surface area contributed by atoms with Crippen LogP contribution in [0.4, 0.5) is 0 Å². The van der Waals surface area contributed by atoms with Gasteiger partial charge in [0.25, 0.3) is 0 Å². The lowest BCUT2D eigenvalue weighted by Crippen LogP contribution is -2.30. The van der Waals surface area contributed by atoms with Gasteiger partial charge in [0.15, 0.2) is 12.2 Å². The molecule has 0 amide bonds. The number of aliphatic hydroxyl groups excluding tert-OH is 1. The van der Waals surface area contributed by atoms with Gasteiger partial charge in [0, 0.05) is 25.7 Å². The molecule has 0 heterocycles. The summed E-state index contributed by atoms with van der Waals surface area (Å²) in [5.74, 6) is -0.618. The van der Waals surface area contributed by atoms with Crippen LogP contribution in [0.1, 0.15) is 324 Å². The van der Waals surface area contributed by atoms with Crippen LogP contribution in [0.3, 0.4) is 0 Å². The maximum atomic E-state index is 13.0. The number of rotatable bonds is 64. The van der Waals surface area contributed by atoms with Gasteiger partial charge < -0.3 is 33.8 Å². The van der Waals surface area contributed by atoms with Crippen LogP contribution in [-0.4, -0.2) is 96.7 Å². The summed E-state index contributed by atoms with van der Waals surface area (Å²) in [7, 11) is -9.89. The first-order valence-corrected chi connectivity index (χ1v) is 37.0. The number of aliphatic hydroxyl groups is 1. The van der Waals surface area contributed by atoms with Crippen molar-refractivity contribution < 1.29 is 80.2 Å². The van der Waals surface area contributed by atoms with Crippen molar-refractivity contribution in [3.63, 3.8) is 0 Å². The van der Waals surface area contributed by atoms with E-state index in [9.17, 15) is 43.2 Å². The van der Waals surface area contributed by atoms with Crippen molar-refractivity contribution >= 4 is 39.5 Å². The molecule has 0 aliphatic heterocycles. The molecule has 0 radical (unpaired) electrons. The van der Waals surface area contributed by atoms with Gasteiger partial charge in [-0.25, -0.2) is 9.13 Å². The van der Waals surface area contributed by atoms with E-state index in [0.717, 1.165) is 102 Å². The third kappa shape index (κ3) is 57.8. The van der Waals surface area contributed by atoms with E-state index in [1.807, 2.05) is 0 Å². The Bertz CT molecular complexity index is 1650. The zero-order valence-electron chi connectivity index (χ0n) is 54.2. The first-order valence-electron chi connectivity index (χ1n) is 34.0. The van der Waals surface area contributed by atoms with E-state index in [1.165, 1.54) is 141 Å². The van der Waals surface area contributed by atoms with Crippen LogP contribution in [0.25, 0.3) is 0 Å². The highest BCUT2D eigenvalue weighted by atomic mass is 31.2. The largest absolute Gasteiger partial charge is 0.472 e. The van der Waals surface area contributed by atoms with E-state index in [2.05, 4.69) is 41.5 Å². The Kier molecular flexibility index (Phi) is 56.2. The van der Waals surface area contributed by atoms with Crippen LogP contribution in [0.2, 0.25) is 0 Å². The molecule has 0 spiro atoms. The van der Waals surface area contributed by atoms with Crippen molar-refractivity contribution in [3.05, 3.63) is 0 Å². The van der Waals surface area contributed by atoms with E-state index in [-0.39, 0.29) is 25.7 Å². The predicted molar refractivity (Wildman–Crippen MR) is 335 cm³/mol. The number of carbonyl (C=O) groups excluding carboxylic acids is 4. The van der Waals surface area contributed by atoms with Crippen molar-refractivity contribution in [2.75, 3.05) is 39.6 Å². The van der Waals surface area contributed by atoms with Gasteiger partial charge in [-0.3, -0.25) is 37.3 Å². The molecular weight excluding hydrogens is 1110 g/mol. The zero-order valence-corrected chi connectivity index (χ0v) is 56.0. The van der Waals surface area contributed by atoms with E-state index in [0.29, 0.717) is 25.7 Å². The monoisotopic (exact) mass is 1240 g/mol. The van der Waals surface area contributed by atoms with Crippen LogP contribution in [0.15, 0.2) is 0 Å². The third-order valence-electron chi connectivity index (χ3n) is 15.3. The van der Waals surface area contributed by atoms with Gasteiger partial charge in [-0.1, -0.05) is 273 Å². The summed E-state index contributed by atoms with van der Waals surface area (Å²) in [6.45, 7) is 9.47. The van der Waals surface area contributed by atoms with E-state index >= 15 is 0 Å². The van der Waals surface area contributed by atoms with Gasteiger partial charge in [0.1, 0.15) is 19.3 Å². The molecule has 19 heteroatoms. The minimum Gasteiger partial charge on any atom is -0.462 e. The lowest BCUT2D eigenvalue weighted by molar-refractivity contribution is -0.161. The molecule has 0 aromatic heterocycles. The van der Waals surface area contributed by atoms with Crippen molar-refractivity contribution in [1.29, 1.82) is 0 Å². The van der Waals surface area contributed by atoms with Crippen molar-refractivity contribution in [2.45, 2.75) is 342 Å². The molecule has 0 aliphatic rings. The Hall–Kier alpha value is -1.94. The highest BCUT2D eigenvalue weighted by molar-refractivity contribution is 7.47. The molecule has 3 unspecified atom stereocenters. The molecule has 0 saturated carbocycles. The van der Waals surface area contributed by atoms with Gasteiger partial charge in [-0.2, -0.15) is 0 Å². The quantitative estimate of drug-likeness (QED) is 0.0222. The molecule has 0 aliphatic carbocycles. The molecule has 84 heavy (non-hydrogen) atoms. The van der Waals surface area contributed by atoms with Crippen LogP contribution < -0.4 is 0 Å². The number of carbonyl (C=O) groups is 4. The minimum atomic E-state index is -4.95. The Morgan fingerprint density at radius 2 is 0.607 bits per heavy atom. The van der Waals surface area contributed by atoms with Crippen LogP contribution >= 0.6 is 15.6 Å². The first-order chi connectivity index (χ1) is 40.4. The molecule has 0 fully saturated rings. The Labute approximate surface area is 511 Å². The fourth-order valence-corrected chi connectivity index (χ4v) is 11.3. The highest BCUT2D eigenvalue weighted by Crippen LogP contribution is 2.45. The smallest absolute Gasteiger partial charge is 0.462 e. The van der Waals surface area contributed by atoms with Crippen molar-refractivity contribution in [2.24, 2.45) is 11.8 Å². The summed E-state index contributed by atoms with van der Waals surface area (Å²) in [5, 5.41) is 10.5. The highest BCUT2D eigenvalue weighted by Gasteiger charge is 2.30. The molecular formula is C65H126O17P2. The van der Waals surface area contributed by atoms with Crippen molar-refractivity contribution in [1.82, 2.24) is 0 Å². The fourth-order valence-electron chi connectivity index (χ4n) is 9.68. The Morgan fingerprint density at radius 3 is 0.905 bits per heavy atom. The molecule has 0 saturated heterocycles. The standard InChI is InChI=1S/C65H126O17P2/c1-7-10-12-14-16-18-22-29-35-41-47-62(67)75-53-60(81-64(69)49-43-37-31-23-19-17-15-13-11-8-2)55-79-83(71,72)77-51-59(66)52-78-84(73,74)80-56-61(82-65(70)50-44-38-32-24-20-21-27-33-39-45-57(4)5)54-76-63(68)48-42-36-30-26-25-28-34-40-46-58(6)9-3/h57-61,66H,7-56H2,1-6H3,(H,71,72)(H,73,74)/t58?,59-,60+,61+/m0/s1. The van der Waals surface area contributed by atoms with Gasteiger partial charge >= 0.3 is 39.5 Å². The van der Waals surface area contributed by atoms with E-state index in [4.69, 9.17) is 37.0 Å². The second kappa shape index (κ2) is 57.5. The topological polar surface area (TPSA) is 237 Å². The molecule has 498 valence electrons. The average molecular weight is 1240 g/mol. The number of esters is 4. The Balaban J connectivity index is 5.25. The fraction of sp³-hybridized carbons (Fsp3) is 0.938. The molecule has 0 bridgehead atoms. The number of hydrogen-bond acceptors (Lipinski definition) is 15. The van der Waals surface area contributed by atoms with Gasteiger partial charge in [-0.15, -0.1) is 0 Å². The number of phosphoric ester groups is 2. The number of hydrogen-bond donors (Lipinski definition) is 3. The lowest BCUT2D eigenvalue weighted by atomic mass is 9.99.